The van der Waals surface area contributed by atoms with Gasteiger partial charge in [0.25, 0.3) is 20.2 Å². The van der Waals surface area contributed by atoms with Gasteiger partial charge in [0.15, 0.2) is 5.69 Å². The molecule has 0 spiro atoms. The summed E-state index contributed by atoms with van der Waals surface area (Å²) < 4.78 is 26.8. The number of nitrogens with zero attached hydrogens (tertiary/aromatic N) is 4. The van der Waals surface area contributed by atoms with Crippen molar-refractivity contribution in [3.8, 4) is 0 Å². The van der Waals surface area contributed by atoms with Crippen LogP contribution < -0.4 is 9.62 Å². The Kier molecular flexibility index (Phi) is 4.49. The number of para-hydroxylation sites is 1. The van der Waals surface area contributed by atoms with Gasteiger partial charge in [0.1, 0.15) is 11.7 Å². The maximum absolute atomic E-state index is 12.4. The molecule has 1 unspecified atom stereocenters. The lowest BCUT2D eigenvalue weighted by atomic mass is 10.2. The number of aliphatic imine (C=N–C) groups is 1. The minimum Gasteiger partial charge on any atom is -0.341 e. The number of benzene rings is 1. The van der Waals surface area contributed by atoms with Gasteiger partial charge < -0.3 is 9.47 Å². The molecule has 0 aliphatic carbocycles. The molecule has 7 nitrogen and oxygen atoms in total. The van der Waals surface area contributed by atoms with E-state index in [-0.39, 0.29) is 14.7 Å². The van der Waals surface area contributed by atoms with Crippen molar-refractivity contribution in [3.63, 3.8) is 0 Å². The van der Waals surface area contributed by atoms with Crippen molar-refractivity contribution < 1.29 is 8.42 Å². The monoisotopic (exact) mass is 424 g/mol. The molecule has 0 fully saturated rings. The summed E-state index contributed by atoms with van der Waals surface area (Å²) in [5, 5.41) is 8.73. The van der Waals surface area contributed by atoms with Crippen LogP contribution >= 0.6 is 23.4 Å². The minimum atomic E-state index is -4.08. The molecule has 0 saturated heterocycles. The zero-order chi connectivity index (χ0) is 19.4. The zero-order valence-corrected chi connectivity index (χ0v) is 17.2. The molecule has 0 saturated carbocycles. The van der Waals surface area contributed by atoms with Crippen LogP contribution in [0.5, 0.6) is 0 Å². The second kappa shape index (κ2) is 6.47. The van der Waals surface area contributed by atoms with Gasteiger partial charge in [-0.25, -0.2) is 13.6 Å². The Labute approximate surface area is 167 Å². The van der Waals surface area contributed by atoms with Gasteiger partial charge in [-0.2, -0.15) is 9.48 Å². The lowest BCUT2D eigenvalue weighted by molar-refractivity contribution is 0.387. The standard InChI is InChI=1S/C17H19ClN5O2S2/c1-21(2)8-9-22-7-6-12-4-3-5-13(14(12)22)23-10-11-26-17(23)20-15(18)16(23)27(19,24)25/h3-7,10-11H,8-9H2,1-2H3,(H2,19,24,25)/q+1. The van der Waals surface area contributed by atoms with E-state index in [0.29, 0.717) is 5.17 Å². The molecule has 3 heterocycles. The molecule has 0 amide bonds. The van der Waals surface area contributed by atoms with Gasteiger partial charge in [0.2, 0.25) is 5.16 Å². The molecule has 2 aliphatic heterocycles. The minimum absolute atomic E-state index is 0.0900. The highest BCUT2D eigenvalue weighted by atomic mass is 35.5. The van der Waals surface area contributed by atoms with Crippen LogP contribution in [0.2, 0.25) is 0 Å². The van der Waals surface area contributed by atoms with E-state index in [1.165, 1.54) is 11.8 Å². The molecule has 2 aromatic rings. The first-order chi connectivity index (χ1) is 12.7. The number of fused-ring (bicyclic) bond motifs is 2. The molecule has 2 N–H and O–H groups in total. The number of sulfonamides is 1. The molecule has 1 aromatic heterocycles. The average molecular weight is 425 g/mol. The molecule has 4 rings (SSSR count). The number of rotatable bonds is 5. The lowest BCUT2D eigenvalue weighted by Crippen LogP contribution is -2.46. The predicted octanol–water partition coefficient (Wildman–Crippen LogP) is 2.75. The number of hydrogen-bond acceptors (Lipinski definition) is 5. The van der Waals surface area contributed by atoms with Gasteiger partial charge in [-0.1, -0.05) is 23.7 Å². The number of primary sulfonamides is 1. The van der Waals surface area contributed by atoms with Crippen molar-refractivity contribution in [2.45, 2.75) is 6.54 Å². The summed E-state index contributed by atoms with van der Waals surface area (Å²) in [6.07, 6.45) is 3.79. The molecule has 27 heavy (non-hydrogen) atoms. The smallest absolute Gasteiger partial charge is 0.294 e. The molecule has 0 radical (unpaired) electrons. The number of amidine groups is 1. The summed E-state index contributed by atoms with van der Waals surface area (Å²) in [6, 6.07) is 7.84. The topological polar surface area (TPSA) is 80.7 Å². The van der Waals surface area contributed by atoms with Gasteiger partial charge in [-0.15, -0.1) is 0 Å². The Morgan fingerprint density at radius 2 is 2.11 bits per heavy atom. The number of quaternary nitrogens is 1. The van der Waals surface area contributed by atoms with Crippen LogP contribution in [0, 0.1) is 0 Å². The Balaban J connectivity index is 2.00. The number of thioether (sulfide) groups is 1. The summed E-state index contributed by atoms with van der Waals surface area (Å²) in [7, 11) is -0.0497. The quantitative estimate of drug-likeness (QED) is 0.591. The molecule has 1 aromatic carbocycles. The summed E-state index contributed by atoms with van der Waals surface area (Å²) in [5.41, 5.74) is 1.70. The zero-order valence-electron chi connectivity index (χ0n) is 14.8. The number of nitrogens with two attached hydrogens (primary N) is 1. The first kappa shape index (κ1) is 18.7. The fraction of sp³-hybridized carbons (Fsp3) is 0.235. The number of aromatic nitrogens is 1. The SMILES string of the molecule is CN(C)CCn1ccc2cccc([N+]34C=CSC3=NC(Cl)=C4S(N)(=O)=O)c21. The second-order valence-electron chi connectivity index (χ2n) is 6.69. The summed E-state index contributed by atoms with van der Waals surface area (Å²) >= 11 is 7.57. The molecule has 2 aliphatic rings. The van der Waals surface area contributed by atoms with Gasteiger partial charge in [-0.05, 0) is 31.9 Å². The van der Waals surface area contributed by atoms with Crippen molar-refractivity contribution in [3.05, 3.63) is 52.3 Å². The van der Waals surface area contributed by atoms with E-state index in [1.54, 1.807) is 6.20 Å². The Hall–Kier alpha value is -1.62. The van der Waals surface area contributed by atoms with Crippen molar-refractivity contribution in [1.82, 2.24) is 14.0 Å². The third kappa shape index (κ3) is 2.86. The molecular weight excluding hydrogens is 406 g/mol. The highest BCUT2D eigenvalue weighted by molar-refractivity contribution is 8.17. The van der Waals surface area contributed by atoms with Gasteiger partial charge in [-0.3, -0.25) is 0 Å². The van der Waals surface area contributed by atoms with E-state index >= 15 is 0 Å². The fourth-order valence-corrected chi connectivity index (χ4v) is 5.99. The van der Waals surface area contributed by atoms with E-state index in [0.717, 1.165) is 29.7 Å². The van der Waals surface area contributed by atoms with Gasteiger partial charge in [0, 0.05) is 36.1 Å². The number of halogens is 1. The average Bonchev–Trinajstić information content (AvgIpc) is 3.22. The summed E-state index contributed by atoms with van der Waals surface area (Å²) in [6.45, 7) is 1.61. The van der Waals surface area contributed by atoms with Crippen LogP contribution in [0.1, 0.15) is 0 Å². The van der Waals surface area contributed by atoms with Crippen LogP contribution in [0.25, 0.3) is 10.9 Å². The third-order valence-electron chi connectivity index (χ3n) is 4.66. The first-order valence-corrected chi connectivity index (χ1v) is 11.0. The molecule has 0 bridgehead atoms. The van der Waals surface area contributed by atoms with Crippen LogP contribution in [-0.4, -0.2) is 43.7 Å². The van der Waals surface area contributed by atoms with E-state index < -0.39 is 10.0 Å². The Bertz CT molecular complexity index is 1130. The maximum Gasteiger partial charge on any atom is 0.294 e. The van der Waals surface area contributed by atoms with Crippen LogP contribution in [-0.2, 0) is 16.6 Å². The van der Waals surface area contributed by atoms with Crippen LogP contribution in [0.15, 0.2) is 57.2 Å². The van der Waals surface area contributed by atoms with E-state index in [9.17, 15) is 8.42 Å². The van der Waals surface area contributed by atoms with Crippen molar-refractivity contribution in [2.75, 3.05) is 20.6 Å². The predicted molar refractivity (Wildman–Crippen MR) is 112 cm³/mol. The highest BCUT2D eigenvalue weighted by Gasteiger charge is 2.55. The van der Waals surface area contributed by atoms with Crippen molar-refractivity contribution in [1.29, 1.82) is 0 Å². The van der Waals surface area contributed by atoms with Gasteiger partial charge in [0.05, 0.1) is 0 Å². The maximum atomic E-state index is 12.4. The lowest BCUT2D eigenvalue weighted by Gasteiger charge is -2.28. The summed E-state index contributed by atoms with van der Waals surface area (Å²) in [4.78, 5) is 6.40. The van der Waals surface area contributed by atoms with Crippen molar-refractivity contribution in [2.24, 2.45) is 10.1 Å². The normalized spacial score (nSPS) is 22.2. The summed E-state index contributed by atoms with van der Waals surface area (Å²) in [5.74, 6) is 0. The van der Waals surface area contributed by atoms with E-state index in [4.69, 9.17) is 16.7 Å². The fourth-order valence-electron chi connectivity index (χ4n) is 3.50. The molecule has 142 valence electrons. The van der Waals surface area contributed by atoms with E-state index in [2.05, 4.69) is 14.5 Å². The second-order valence-corrected chi connectivity index (χ2v) is 9.40. The molecule has 1 atom stereocenters. The Morgan fingerprint density at radius 1 is 1.33 bits per heavy atom. The number of likely N-dealkylation sites (N-methyl/N-ethyl adjacent to an activating group) is 1. The largest absolute Gasteiger partial charge is 0.341 e. The van der Waals surface area contributed by atoms with Crippen molar-refractivity contribution >= 4 is 55.1 Å². The van der Waals surface area contributed by atoms with Gasteiger partial charge >= 0.3 is 0 Å². The third-order valence-corrected chi connectivity index (χ3v) is 6.90. The molecule has 10 heteroatoms. The number of hydrogen-bond donors (Lipinski definition) is 1. The Morgan fingerprint density at radius 3 is 2.81 bits per heavy atom. The highest BCUT2D eigenvalue weighted by Crippen LogP contribution is 2.49. The molecular formula is C17H19ClN5O2S2+. The van der Waals surface area contributed by atoms with Crippen LogP contribution in [0.3, 0.4) is 0 Å². The van der Waals surface area contributed by atoms with Crippen LogP contribution in [0.4, 0.5) is 5.69 Å². The van der Waals surface area contributed by atoms with E-state index in [1.807, 2.05) is 50.0 Å². The first-order valence-electron chi connectivity index (χ1n) is 8.24.